The molecule has 1 N–H and O–H groups in total. The van der Waals surface area contributed by atoms with E-state index in [9.17, 15) is 4.79 Å². The molecule has 2 aromatic carbocycles. The van der Waals surface area contributed by atoms with Gasteiger partial charge in [0.05, 0.1) is 18.3 Å². The van der Waals surface area contributed by atoms with E-state index < -0.39 is 0 Å². The molecule has 0 saturated carbocycles. The van der Waals surface area contributed by atoms with E-state index in [1.54, 1.807) is 18.7 Å². The maximum Gasteiger partial charge on any atom is 0.224 e. The summed E-state index contributed by atoms with van der Waals surface area (Å²) in [4.78, 5) is 20.8. The molecule has 1 amide bonds. The molecule has 4 aromatic rings. The van der Waals surface area contributed by atoms with E-state index in [1.807, 2.05) is 53.2 Å². The highest BCUT2D eigenvalue weighted by Gasteiger charge is 2.07. The van der Waals surface area contributed by atoms with Gasteiger partial charge in [-0.05, 0) is 22.8 Å². The van der Waals surface area contributed by atoms with Crippen molar-refractivity contribution in [1.82, 2.24) is 19.9 Å². The van der Waals surface area contributed by atoms with Gasteiger partial charge in [-0.25, -0.2) is 4.98 Å². The number of nitrogens with zero attached hydrogens (tertiary/aromatic N) is 3. The van der Waals surface area contributed by atoms with E-state index in [0.29, 0.717) is 13.0 Å². The fourth-order valence-electron chi connectivity index (χ4n) is 3.10. The second-order valence-electron chi connectivity index (χ2n) is 6.50. The number of amides is 1. The number of nitrogens with one attached hydrogen (secondary N) is 1. The second kappa shape index (κ2) is 7.83. The Hall–Kier alpha value is -3.47. The molecule has 4 rings (SSSR count). The van der Waals surface area contributed by atoms with E-state index >= 15 is 0 Å². The molecule has 0 unspecified atom stereocenters. The van der Waals surface area contributed by atoms with Crippen LogP contribution in [-0.4, -0.2) is 20.4 Å². The number of aromatic nitrogens is 3. The van der Waals surface area contributed by atoms with Gasteiger partial charge in [0.2, 0.25) is 5.91 Å². The third-order valence-electron chi connectivity index (χ3n) is 4.50. The van der Waals surface area contributed by atoms with Gasteiger partial charge in [-0.2, -0.15) is 0 Å². The Morgan fingerprint density at radius 2 is 1.78 bits per heavy atom. The predicted molar refractivity (Wildman–Crippen MR) is 105 cm³/mol. The minimum atomic E-state index is -0.00403. The summed E-state index contributed by atoms with van der Waals surface area (Å²) >= 11 is 0. The molecule has 0 aliphatic heterocycles. The van der Waals surface area contributed by atoms with E-state index in [4.69, 9.17) is 0 Å². The van der Waals surface area contributed by atoms with Gasteiger partial charge in [-0.1, -0.05) is 48.5 Å². The van der Waals surface area contributed by atoms with Gasteiger partial charge in [0.25, 0.3) is 0 Å². The molecule has 5 heteroatoms. The summed E-state index contributed by atoms with van der Waals surface area (Å²) in [5.74, 6) is -0.00403. The molecule has 0 aliphatic rings. The van der Waals surface area contributed by atoms with Crippen molar-refractivity contribution in [3.05, 3.63) is 96.2 Å². The first-order valence-electron chi connectivity index (χ1n) is 8.91. The van der Waals surface area contributed by atoms with Crippen LogP contribution in [-0.2, 0) is 24.3 Å². The summed E-state index contributed by atoms with van der Waals surface area (Å²) in [7, 11) is 0. The average Bonchev–Trinajstić information content (AvgIpc) is 3.21. The zero-order chi connectivity index (χ0) is 18.5. The van der Waals surface area contributed by atoms with Gasteiger partial charge < -0.3 is 9.88 Å². The molecule has 0 saturated heterocycles. The van der Waals surface area contributed by atoms with E-state index in [2.05, 4.69) is 27.4 Å². The molecule has 0 spiro atoms. The maximum atomic E-state index is 12.4. The molecule has 27 heavy (non-hydrogen) atoms. The van der Waals surface area contributed by atoms with Crippen molar-refractivity contribution in [2.75, 3.05) is 0 Å². The number of carbonyl (C=O) groups excluding carboxylic acids is 1. The largest absolute Gasteiger partial charge is 0.352 e. The van der Waals surface area contributed by atoms with E-state index in [-0.39, 0.29) is 5.91 Å². The van der Waals surface area contributed by atoms with Crippen LogP contribution in [0, 0.1) is 0 Å². The fourth-order valence-corrected chi connectivity index (χ4v) is 3.10. The number of para-hydroxylation sites is 1. The Morgan fingerprint density at radius 1 is 0.963 bits per heavy atom. The minimum absolute atomic E-state index is 0.00403. The SMILES string of the molecule is O=C(Cc1cccc2cccnc12)NCc1ccc(Cn2ccnc2)cc1. The lowest BCUT2D eigenvalue weighted by atomic mass is 10.1. The number of benzene rings is 2. The van der Waals surface area contributed by atoms with Crippen molar-refractivity contribution in [3.8, 4) is 0 Å². The standard InChI is InChI=1S/C22H20N4O/c27-21(13-20-4-1-3-19-5-2-10-24-22(19)20)25-14-17-6-8-18(9-7-17)15-26-12-11-23-16-26/h1-12,16H,13-15H2,(H,25,27). The van der Waals surface area contributed by atoms with E-state index in [1.165, 1.54) is 5.56 Å². The number of hydrogen-bond donors (Lipinski definition) is 1. The molecule has 134 valence electrons. The van der Waals surface area contributed by atoms with Crippen molar-refractivity contribution in [2.45, 2.75) is 19.5 Å². The van der Waals surface area contributed by atoms with Crippen molar-refractivity contribution in [2.24, 2.45) is 0 Å². The number of rotatable bonds is 6. The van der Waals surface area contributed by atoms with Crippen LogP contribution in [0.5, 0.6) is 0 Å². The third-order valence-corrected chi connectivity index (χ3v) is 4.50. The summed E-state index contributed by atoms with van der Waals surface area (Å²) < 4.78 is 2.02. The summed E-state index contributed by atoms with van der Waals surface area (Å²) in [6, 6.07) is 18.1. The van der Waals surface area contributed by atoms with Crippen LogP contribution in [0.2, 0.25) is 0 Å². The van der Waals surface area contributed by atoms with Crippen LogP contribution in [0.1, 0.15) is 16.7 Å². The fraction of sp³-hybridized carbons (Fsp3) is 0.136. The molecule has 0 bridgehead atoms. The number of hydrogen-bond acceptors (Lipinski definition) is 3. The molecule has 0 radical (unpaired) electrons. The molecule has 0 atom stereocenters. The second-order valence-corrected chi connectivity index (χ2v) is 6.50. The van der Waals surface area contributed by atoms with Crippen LogP contribution in [0.4, 0.5) is 0 Å². The molecule has 0 aliphatic carbocycles. The highest BCUT2D eigenvalue weighted by molar-refractivity contribution is 5.87. The average molecular weight is 356 g/mol. The minimum Gasteiger partial charge on any atom is -0.352 e. The third kappa shape index (κ3) is 4.20. The lowest BCUT2D eigenvalue weighted by Gasteiger charge is -2.08. The van der Waals surface area contributed by atoms with Gasteiger partial charge in [0, 0.05) is 37.1 Å². The van der Waals surface area contributed by atoms with Crippen LogP contribution in [0.3, 0.4) is 0 Å². The highest BCUT2D eigenvalue weighted by atomic mass is 16.1. The van der Waals surface area contributed by atoms with Gasteiger partial charge in [-0.15, -0.1) is 0 Å². The molecule has 2 aromatic heterocycles. The van der Waals surface area contributed by atoms with Crippen LogP contribution >= 0.6 is 0 Å². The van der Waals surface area contributed by atoms with E-state index in [0.717, 1.165) is 28.6 Å². The monoisotopic (exact) mass is 356 g/mol. The Bertz CT molecular complexity index is 1030. The molecule has 0 fully saturated rings. The Morgan fingerprint density at radius 3 is 2.59 bits per heavy atom. The summed E-state index contributed by atoms with van der Waals surface area (Å²) in [5, 5.41) is 4.05. The van der Waals surface area contributed by atoms with Crippen LogP contribution in [0.15, 0.2) is 79.5 Å². The Labute approximate surface area is 157 Å². The Balaban J connectivity index is 1.35. The predicted octanol–water partition coefficient (Wildman–Crippen LogP) is 3.34. The van der Waals surface area contributed by atoms with Crippen molar-refractivity contribution >= 4 is 16.8 Å². The zero-order valence-electron chi connectivity index (χ0n) is 14.9. The van der Waals surface area contributed by atoms with Crippen molar-refractivity contribution in [3.63, 3.8) is 0 Å². The number of imidazole rings is 1. The molecule has 2 heterocycles. The molecule has 5 nitrogen and oxygen atoms in total. The highest BCUT2D eigenvalue weighted by Crippen LogP contribution is 2.16. The maximum absolute atomic E-state index is 12.4. The summed E-state index contributed by atoms with van der Waals surface area (Å²) in [6.45, 7) is 1.31. The van der Waals surface area contributed by atoms with Crippen molar-refractivity contribution in [1.29, 1.82) is 0 Å². The van der Waals surface area contributed by atoms with Gasteiger partial charge in [0.1, 0.15) is 0 Å². The zero-order valence-corrected chi connectivity index (χ0v) is 14.9. The van der Waals surface area contributed by atoms with Gasteiger partial charge in [-0.3, -0.25) is 9.78 Å². The van der Waals surface area contributed by atoms with Crippen LogP contribution < -0.4 is 5.32 Å². The first-order chi connectivity index (χ1) is 13.3. The van der Waals surface area contributed by atoms with Gasteiger partial charge in [0.15, 0.2) is 0 Å². The lowest BCUT2D eigenvalue weighted by Crippen LogP contribution is -2.24. The molecular formula is C22H20N4O. The first kappa shape index (κ1) is 17.0. The number of fused-ring (bicyclic) bond motifs is 1. The van der Waals surface area contributed by atoms with Crippen molar-refractivity contribution < 1.29 is 4.79 Å². The molecular weight excluding hydrogens is 336 g/mol. The summed E-state index contributed by atoms with van der Waals surface area (Å²) in [6.07, 6.45) is 7.60. The lowest BCUT2D eigenvalue weighted by molar-refractivity contribution is -0.120. The smallest absolute Gasteiger partial charge is 0.224 e. The Kier molecular flexibility index (Phi) is 4.92. The van der Waals surface area contributed by atoms with Gasteiger partial charge >= 0.3 is 0 Å². The number of carbonyl (C=O) groups is 1. The first-order valence-corrected chi connectivity index (χ1v) is 8.91. The topological polar surface area (TPSA) is 59.8 Å². The summed E-state index contributed by atoms with van der Waals surface area (Å²) in [5.41, 5.74) is 4.11. The van der Waals surface area contributed by atoms with Crippen LogP contribution in [0.25, 0.3) is 10.9 Å². The normalized spacial score (nSPS) is 10.8. The quantitative estimate of drug-likeness (QED) is 0.576. The number of pyridine rings is 1.